The highest BCUT2D eigenvalue weighted by Gasteiger charge is 2.16. The maximum atomic E-state index is 12.4. The molecule has 1 aliphatic rings. The van der Waals surface area contributed by atoms with Gasteiger partial charge in [-0.2, -0.15) is 0 Å². The van der Waals surface area contributed by atoms with Gasteiger partial charge in [-0.25, -0.2) is 0 Å². The molecule has 0 radical (unpaired) electrons. The first-order valence-corrected chi connectivity index (χ1v) is 9.56. The number of rotatable bonds is 5. The lowest BCUT2D eigenvalue weighted by Crippen LogP contribution is -2.46. The Balaban J connectivity index is 1.33. The van der Waals surface area contributed by atoms with E-state index in [1.54, 1.807) is 18.2 Å². The van der Waals surface area contributed by atoms with E-state index in [1.165, 1.54) is 0 Å². The molecule has 3 N–H and O–H groups in total. The van der Waals surface area contributed by atoms with Gasteiger partial charge in [-0.1, -0.05) is 30.3 Å². The summed E-state index contributed by atoms with van der Waals surface area (Å²) < 4.78 is 5.58. The summed E-state index contributed by atoms with van der Waals surface area (Å²) in [5, 5.41) is 10.1. The number of carbonyl (C=O) groups is 2. The van der Waals surface area contributed by atoms with Crippen molar-refractivity contribution >= 4 is 28.5 Å². The highest BCUT2D eigenvalue weighted by molar-refractivity contribution is 6.04. The van der Waals surface area contributed by atoms with Crippen molar-refractivity contribution in [2.24, 2.45) is 0 Å². The van der Waals surface area contributed by atoms with Gasteiger partial charge in [-0.15, -0.1) is 0 Å². The van der Waals surface area contributed by atoms with Gasteiger partial charge in [-0.3, -0.25) is 9.59 Å². The van der Waals surface area contributed by atoms with Gasteiger partial charge in [0.1, 0.15) is 5.58 Å². The molecule has 2 heterocycles. The number of hydrogen-bond donors (Lipinski definition) is 3. The molecule has 3 aromatic rings. The van der Waals surface area contributed by atoms with E-state index in [4.69, 9.17) is 4.42 Å². The number of carbonyl (C=O) groups excluding carboxylic acids is 2. The summed E-state index contributed by atoms with van der Waals surface area (Å²) in [6.45, 7) is 1.85. The number of anilines is 1. The first-order valence-electron chi connectivity index (χ1n) is 9.56. The van der Waals surface area contributed by atoms with Gasteiger partial charge in [0.2, 0.25) is 5.91 Å². The van der Waals surface area contributed by atoms with Crippen molar-refractivity contribution < 1.29 is 14.0 Å². The van der Waals surface area contributed by atoms with Crippen LogP contribution in [0.3, 0.4) is 0 Å². The van der Waals surface area contributed by atoms with Gasteiger partial charge < -0.3 is 20.4 Å². The Morgan fingerprint density at radius 1 is 1.11 bits per heavy atom. The van der Waals surface area contributed by atoms with E-state index < -0.39 is 0 Å². The molecule has 0 unspecified atom stereocenters. The molecule has 0 spiro atoms. The molecule has 1 fully saturated rings. The summed E-state index contributed by atoms with van der Waals surface area (Å²) in [5.41, 5.74) is 2.25. The number of benzene rings is 2. The van der Waals surface area contributed by atoms with Crippen LogP contribution in [0, 0.1) is 0 Å². The molecule has 144 valence electrons. The Kier molecular flexibility index (Phi) is 5.39. The van der Waals surface area contributed by atoms with E-state index >= 15 is 0 Å². The zero-order valence-corrected chi connectivity index (χ0v) is 15.5. The highest BCUT2D eigenvalue weighted by atomic mass is 16.3. The number of piperidine rings is 1. The molecule has 2 amide bonds. The molecule has 1 atom stereocenters. The summed E-state index contributed by atoms with van der Waals surface area (Å²) in [4.78, 5) is 24.6. The standard InChI is InChI=1S/C22H23N3O3/c26-21(24-18-5-3-11-23-14-18)12-15-7-9-17(10-8-15)25-22(27)20-13-16-4-1-2-6-19(16)28-20/h1-2,4,6-10,13,18,23H,3,5,11-12,14H2,(H,24,26)(H,25,27)/t18-/m0/s1. The second-order valence-electron chi connectivity index (χ2n) is 7.09. The van der Waals surface area contributed by atoms with E-state index in [-0.39, 0.29) is 23.6 Å². The van der Waals surface area contributed by atoms with Crippen LogP contribution in [-0.4, -0.2) is 30.9 Å². The Morgan fingerprint density at radius 2 is 1.93 bits per heavy atom. The van der Waals surface area contributed by atoms with Crippen molar-refractivity contribution in [3.05, 3.63) is 65.9 Å². The fourth-order valence-corrected chi connectivity index (χ4v) is 3.43. The van der Waals surface area contributed by atoms with Crippen molar-refractivity contribution in [2.75, 3.05) is 18.4 Å². The Hall–Kier alpha value is -3.12. The monoisotopic (exact) mass is 377 g/mol. The van der Waals surface area contributed by atoms with Crippen LogP contribution in [0.25, 0.3) is 11.0 Å². The first kappa shape index (κ1) is 18.3. The summed E-state index contributed by atoms with van der Waals surface area (Å²) >= 11 is 0. The molecule has 1 aliphatic heterocycles. The summed E-state index contributed by atoms with van der Waals surface area (Å²) in [6, 6.07) is 16.7. The van der Waals surface area contributed by atoms with E-state index in [1.807, 2.05) is 36.4 Å². The zero-order valence-electron chi connectivity index (χ0n) is 15.5. The lowest BCUT2D eigenvalue weighted by molar-refractivity contribution is -0.121. The predicted molar refractivity (Wildman–Crippen MR) is 108 cm³/mol. The van der Waals surface area contributed by atoms with Crippen LogP contribution in [0.5, 0.6) is 0 Å². The molecular weight excluding hydrogens is 354 g/mol. The SMILES string of the molecule is O=C(Cc1ccc(NC(=O)c2cc3ccccc3o2)cc1)N[C@H]1CCCNC1. The smallest absolute Gasteiger partial charge is 0.291 e. The average molecular weight is 377 g/mol. The van der Waals surface area contributed by atoms with E-state index in [2.05, 4.69) is 16.0 Å². The first-order chi connectivity index (χ1) is 13.7. The molecule has 28 heavy (non-hydrogen) atoms. The van der Waals surface area contributed by atoms with Crippen LogP contribution in [0.2, 0.25) is 0 Å². The third-order valence-corrected chi connectivity index (χ3v) is 4.89. The second kappa shape index (κ2) is 8.27. The highest BCUT2D eigenvalue weighted by Crippen LogP contribution is 2.20. The number of amides is 2. The van der Waals surface area contributed by atoms with Crippen LogP contribution < -0.4 is 16.0 Å². The lowest BCUT2D eigenvalue weighted by Gasteiger charge is -2.23. The largest absolute Gasteiger partial charge is 0.451 e. The molecule has 6 nitrogen and oxygen atoms in total. The predicted octanol–water partition coefficient (Wildman–Crippen LogP) is 3.10. The van der Waals surface area contributed by atoms with Crippen LogP contribution >= 0.6 is 0 Å². The van der Waals surface area contributed by atoms with Crippen LogP contribution in [0.4, 0.5) is 5.69 Å². The minimum absolute atomic E-state index is 0.0211. The third kappa shape index (κ3) is 4.40. The minimum Gasteiger partial charge on any atom is -0.451 e. The maximum Gasteiger partial charge on any atom is 0.291 e. The van der Waals surface area contributed by atoms with Crippen molar-refractivity contribution in [2.45, 2.75) is 25.3 Å². The molecule has 0 bridgehead atoms. The summed E-state index contributed by atoms with van der Waals surface area (Å²) in [7, 11) is 0. The van der Waals surface area contributed by atoms with Crippen LogP contribution in [0.1, 0.15) is 29.0 Å². The molecule has 4 rings (SSSR count). The van der Waals surface area contributed by atoms with Gasteiger partial charge in [0.25, 0.3) is 5.91 Å². The van der Waals surface area contributed by atoms with Crippen molar-refractivity contribution in [3.63, 3.8) is 0 Å². The topological polar surface area (TPSA) is 83.4 Å². The van der Waals surface area contributed by atoms with Crippen LogP contribution in [0.15, 0.2) is 59.0 Å². The molecule has 1 aromatic heterocycles. The number of furan rings is 1. The van der Waals surface area contributed by atoms with Crippen LogP contribution in [-0.2, 0) is 11.2 Å². The summed E-state index contributed by atoms with van der Waals surface area (Å²) in [6.07, 6.45) is 2.43. The molecule has 2 aromatic carbocycles. The van der Waals surface area contributed by atoms with Gasteiger partial charge in [-0.05, 0) is 49.2 Å². The van der Waals surface area contributed by atoms with E-state index in [0.717, 1.165) is 36.9 Å². The Bertz CT molecular complexity index is 939. The second-order valence-corrected chi connectivity index (χ2v) is 7.09. The fraction of sp³-hybridized carbons (Fsp3) is 0.273. The number of para-hydroxylation sites is 1. The number of nitrogens with one attached hydrogen (secondary N) is 3. The van der Waals surface area contributed by atoms with E-state index in [9.17, 15) is 9.59 Å². The third-order valence-electron chi connectivity index (χ3n) is 4.89. The van der Waals surface area contributed by atoms with Crippen molar-refractivity contribution in [1.29, 1.82) is 0 Å². The molecule has 1 saturated heterocycles. The van der Waals surface area contributed by atoms with Crippen molar-refractivity contribution in [1.82, 2.24) is 10.6 Å². The van der Waals surface area contributed by atoms with Gasteiger partial charge >= 0.3 is 0 Å². The van der Waals surface area contributed by atoms with Gasteiger partial charge in [0.15, 0.2) is 5.76 Å². The normalized spacial score (nSPS) is 16.6. The quantitative estimate of drug-likeness (QED) is 0.638. The zero-order chi connectivity index (χ0) is 19.3. The molecule has 6 heteroatoms. The Morgan fingerprint density at radius 3 is 2.68 bits per heavy atom. The molecule has 0 aliphatic carbocycles. The average Bonchev–Trinajstić information content (AvgIpc) is 3.15. The van der Waals surface area contributed by atoms with E-state index in [0.29, 0.717) is 17.7 Å². The minimum atomic E-state index is -0.300. The molecule has 0 saturated carbocycles. The lowest BCUT2D eigenvalue weighted by atomic mass is 10.1. The number of fused-ring (bicyclic) bond motifs is 1. The van der Waals surface area contributed by atoms with Crippen molar-refractivity contribution in [3.8, 4) is 0 Å². The Labute approximate surface area is 163 Å². The van der Waals surface area contributed by atoms with Gasteiger partial charge in [0.05, 0.1) is 6.42 Å². The number of hydrogen-bond acceptors (Lipinski definition) is 4. The van der Waals surface area contributed by atoms with Gasteiger partial charge in [0, 0.05) is 23.7 Å². The maximum absolute atomic E-state index is 12.4. The fourth-order valence-electron chi connectivity index (χ4n) is 3.43. The summed E-state index contributed by atoms with van der Waals surface area (Å²) in [5.74, 6) is -0.00926. The molecular formula is C22H23N3O3.